The minimum atomic E-state index is -3.39. The zero-order valence-electron chi connectivity index (χ0n) is 29.1. The second kappa shape index (κ2) is 14.5. The molecule has 1 aromatic heterocycles. The summed E-state index contributed by atoms with van der Waals surface area (Å²) in [6, 6.07) is 10.4. The molecule has 0 spiro atoms. The van der Waals surface area contributed by atoms with E-state index in [1.54, 1.807) is 4.31 Å². The quantitative estimate of drug-likeness (QED) is 0.230. The minimum absolute atomic E-state index is 0.150. The Morgan fingerprint density at radius 2 is 1.49 bits per heavy atom. The van der Waals surface area contributed by atoms with Crippen LogP contribution in [0.1, 0.15) is 118 Å². The normalized spacial score (nSPS) is 20.6. The number of carbonyl (C=O) groups excluding carboxylic acids is 1. The zero-order chi connectivity index (χ0) is 33.0. The molecule has 0 radical (unpaired) electrons. The van der Waals surface area contributed by atoms with Crippen LogP contribution in [-0.4, -0.2) is 59.8 Å². The summed E-state index contributed by atoms with van der Waals surface area (Å²) in [4.78, 5) is 19.4. The summed E-state index contributed by atoms with van der Waals surface area (Å²) in [7, 11) is -3.39. The number of benzene rings is 1. The molecule has 1 saturated heterocycles. The van der Waals surface area contributed by atoms with E-state index in [-0.39, 0.29) is 27.9 Å². The summed E-state index contributed by atoms with van der Waals surface area (Å²) in [5, 5.41) is 0.846. The summed E-state index contributed by atoms with van der Waals surface area (Å²) >= 11 is 1.40. The van der Waals surface area contributed by atoms with Crippen LogP contribution < -0.4 is 4.90 Å². The Kier molecular flexibility index (Phi) is 11.6. The first-order valence-corrected chi connectivity index (χ1v) is 19.5. The van der Waals surface area contributed by atoms with Gasteiger partial charge in [-0.05, 0) is 66.3 Å². The number of ketones is 1. The van der Waals surface area contributed by atoms with Crippen molar-refractivity contribution in [2.45, 2.75) is 112 Å². The van der Waals surface area contributed by atoms with Crippen molar-refractivity contribution in [3.63, 3.8) is 0 Å². The summed E-state index contributed by atoms with van der Waals surface area (Å²) in [5.74, 6) is 2.41. The SMILES string of the molecule is CC(CCC(CS(=O)(=O)N1CCN(c2nc(C3(c4ccccc4)CCC(=O)CC3)ns2)CC1)C(C)CC(C)(C)C)CC(C)(C)C. The molecule has 45 heavy (non-hydrogen) atoms. The van der Waals surface area contributed by atoms with Crippen molar-refractivity contribution in [2.75, 3.05) is 36.8 Å². The lowest BCUT2D eigenvalue weighted by atomic mass is 9.68. The van der Waals surface area contributed by atoms with Crippen LogP contribution in [0.5, 0.6) is 0 Å². The maximum Gasteiger partial charge on any atom is 0.214 e. The van der Waals surface area contributed by atoms with Crippen molar-refractivity contribution in [1.82, 2.24) is 13.7 Å². The average Bonchev–Trinajstić information content (AvgIpc) is 3.45. The average molecular weight is 659 g/mol. The van der Waals surface area contributed by atoms with Crippen molar-refractivity contribution in [3.05, 3.63) is 41.7 Å². The third-order valence-electron chi connectivity index (χ3n) is 9.89. The Labute approximate surface area is 277 Å². The molecular weight excluding hydrogens is 601 g/mol. The van der Waals surface area contributed by atoms with Crippen LogP contribution >= 0.6 is 11.5 Å². The van der Waals surface area contributed by atoms with Gasteiger partial charge in [-0.2, -0.15) is 8.68 Å². The van der Waals surface area contributed by atoms with E-state index in [9.17, 15) is 13.2 Å². The van der Waals surface area contributed by atoms with Gasteiger partial charge in [0.15, 0.2) is 5.82 Å². The van der Waals surface area contributed by atoms with Gasteiger partial charge in [-0.25, -0.2) is 13.4 Å². The Bertz CT molecular complexity index is 1340. The van der Waals surface area contributed by atoms with E-state index in [4.69, 9.17) is 9.36 Å². The molecule has 2 aliphatic rings. The van der Waals surface area contributed by atoms with Crippen LogP contribution in [0.3, 0.4) is 0 Å². The van der Waals surface area contributed by atoms with E-state index >= 15 is 0 Å². The van der Waals surface area contributed by atoms with Gasteiger partial charge in [0.2, 0.25) is 15.2 Å². The molecule has 9 heteroatoms. The molecule has 2 fully saturated rings. The predicted molar refractivity (Wildman–Crippen MR) is 187 cm³/mol. The summed E-state index contributed by atoms with van der Waals surface area (Å²) in [5.41, 5.74) is 1.26. The topological polar surface area (TPSA) is 83.5 Å². The van der Waals surface area contributed by atoms with Gasteiger partial charge >= 0.3 is 0 Å². The number of piperazine rings is 1. The highest BCUT2D eigenvalue weighted by atomic mass is 32.2. The van der Waals surface area contributed by atoms with E-state index in [1.807, 2.05) is 18.2 Å². The van der Waals surface area contributed by atoms with E-state index < -0.39 is 10.0 Å². The maximum atomic E-state index is 13.9. The van der Waals surface area contributed by atoms with E-state index in [1.165, 1.54) is 17.1 Å². The number of anilines is 1. The Morgan fingerprint density at radius 1 is 0.889 bits per heavy atom. The standard InChI is InChI=1S/C36H58N4O3S2/c1-27(24-34(3,4)5)14-15-29(28(2)25-35(6,7)8)26-45(42,43)40-22-20-39(21-23-40)33-37-32(38-44-33)36(18-16-31(41)17-19-36)30-12-10-9-11-13-30/h9-13,27-29H,14-26H2,1-8H3. The molecule has 7 nitrogen and oxygen atoms in total. The van der Waals surface area contributed by atoms with Crippen LogP contribution in [0.15, 0.2) is 30.3 Å². The predicted octanol–water partition coefficient (Wildman–Crippen LogP) is 7.96. The fourth-order valence-electron chi connectivity index (χ4n) is 7.74. The fraction of sp³-hybridized carbons (Fsp3) is 0.750. The number of Topliss-reactive ketones (excluding diaryl/α,β-unsaturated/α-hetero) is 1. The Morgan fingerprint density at radius 3 is 2.07 bits per heavy atom. The number of rotatable bonds is 12. The maximum absolute atomic E-state index is 13.9. The molecule has 4 rings (SSSR count). The van der Waals surface area contributed by atoms with Crippen molar-refractivity contribution in [2.24, 2.45) is 28.6 Å². The largest absolute Gasteiger partial charge is 0.344 e. The molecule has 3 atom stereocenters. The third-order valence-corrected chi connectivity index (χ3v) is 12.7. The van der Waals surface area contributed by atoms with Crippen molar-refractivity contribution in [3.8, 4) is 0 Å². The van der Waals surface area contributed by atoms with Crippen LogP contribution in [0, 0.1) is 28.6 Å². The van der Waals surface area contributed by atoms with Crippen LogP contribution in [0.4, 0.5) is 5.13 Å². The second-order valence-electron chi connectivity index (χ2n) is 16.5. The number of hydrogen-bond donors (Lipinski definition) is 0. The summed E-state index contributed by atoms with van der Waals surface area (Å²) in [6.45, 7) is 20.4. The smallest absolute Gasteiger partial charge is 0.214 e. The van der Waals surface area contributed by atoms with E-state index in [0.29, 0.717) is 56.6 Å². The molecular formula is C36H58N4O3S2. The molecule has 252 valence electrons. The van der Waals surface area contributed by atoms with Gasteiger partial charge in [-0.1, -0.05) is 92.1 Å². The highest BCUT2D eigenvalue weighted by Crippen LogP contribution is 2.44. The monoisotopic (exact) mass is 658 g/mol. The molecule has 0 bridgehead atoms. The third kappa shape index (κ3) is 9.83. The molecule has 1 aromatic carbocycles. The molecule has 1 aliphatic heterocycles. The van der Waals surface area contributed by atoms with Crippen LogP contribution in [-0.2, 0) is 20.2 Å². The first-order valence-electron chi connectivity index (χ1n) is 17.1. The van der Waals surface area contributed by atoms with E-state index in [0.717, 1.165) is 49.5 Å². The molecule has 2 heterocycles. The highest BCUT2D eigenvalue weighted by Gasteiger charge is 2.42. The lowest BCUT2D eigenvalue weighted by molar-refractivity contribution is -0.121. The number of sulfonamides is 1. The van der Waals surface area contributed by atoms with Gasteiger partial charge in [-0.15, -0.1) is 0 Å². The van der Waals surface area contributed by atoms with Crippen LogP contribution in [0.2, 0.25) is 0 Å². The fourth-order valence-corrected chi connectivity index (χ4v) is 10.5. The van der Waals surface area contributed by atoms with Gasteiger partial charge in [0.25, 0.3) is 0 Å². The molecule has 0 N–H and O–H groups in total. The van der Waals surface area contributed by atoms with Crippen molar-refractivity contribution < 1.29 is 13.2 Å². The number of aromatic nitrogens is 2. The molecule has 3 unspecified atom stereocenters. The van der Waals surface area contributed by atoms with E-state index in [2.05, 4.69) is 72.4 Å². The Hall–Kier alpha value is -1.84. The first kappa shape index (κ1) is 36.0. The molecule has 0 amide bonds. The molecule has 1 saturated carbocycles. The highest BCUT2D eigenvalue weighted by molar-refractivity contribution is 7.89. The zero-order valence-corrected chi connectivity index (χ0v) is 30.8. The van der Waals surface area contributed by atoms with Crippen molar-refractivity contribution in [1.29, 1.82) is 0 Å². The number of hydrogen-bond acceptors (Lipinski definition) is 7. The summed E-state index contributed by atoms with van der Waals surface area (Å²) < 4.78 is 34.3. The molecule has 2 aromatic rings. The Balaban J connectivity index is 1.42. The van der Waals surface area contributed by atoms with Crippen LogP contribution in [0.25, 0.3) is 0 Å². The minimum Gasteiger partial charge on any atom is -0.344 e. The van der Waals surface area contributed by atoms with Gasteiger partial charge in [0.05, 0.1) is 11.2 Å². The first-order chi connectivity index (χ1) is 21.0. The number of nitrogens with zero attached hydrogens (tertiary/aromatic N) is 4. The van der Waals surface area contributed by atoms with Gasteiger partial charge in [-0.3, -0.25) is 4.79 Å². The lowest BCUT2D eigenvalue weighted by Gasteiger charge is -2.36. The molecule has 1 aliphatic carbocycles. The second-order valence-corrected chi connectivity index (χ2v) is 19.2. The lowest BCUT2D eigenvalue weighted by Crippen LogP contribution is -2.50. The van der Waals surface area contributed by atoms with Gasteiger partial charge < -0.3 is 4.90 Å². The summed E-state index contributed by atoms with van der Waals surface area (Å²) in [6.07, 6.45) is 6.74. The van der Waals surface area contributed by atoms with Crippen molar-refractivity contribution >= 4 is 32.5 Å². The van der Waals surface area contributed by atoms with Gasteiger partial charge in [0, 0.05) is 50.6 Å². The van der Waals surface area contributed by atoms with Gasteiger partial charge in [0.1, 0.15) is 5.78 Å². The number of carbonyl (C=O) groups is 1.